The van der Waals surface area contributed by atoms with E-state index in [0.717, 1.165) is 6.42 Å². The Morgan fingerprint density at radius 1 is 1.13 bits per heavy atom. The number of nitrogens with zero attached hydrogens (tertiary/aromatic N) is 2. The first-order valence-electron chi connectivity index (χ1n) is 14.6. The number of alkyl halides is 3. The van der Waals surface area contributed by atoms with E-state index in [1.54, 1.807) is 25.7 Å². The van der Waals surface area contributed by atoms with E-state index in [1.807, 2.05) is 0 Å². The van der Waals surface area contributed by atoms with Crippen LogP contribution >= 0.6 is 23.2 Å². The summed E-state index contributed by atoms with van der Waals surface area (Å²) in [6, 6.07) is 4.55. The number of H-pyrrole nitrogens is 1. The summed E-state index contributed by atoms with van der Waals surface area (Å²) in [5, 5.41) is 1.94. The maximum atomic E-state index is 14.5. The van der Waals surface area contributed by atoms with Crippen molar-refractivity contribution in [1.82, 2.24) is 19.8 Å². The predicted molar refractivity (Wildman–Crippen MR) is 169 cm³/mol. The number of likely N-dealkylation sites (tertiary alicyclic amines) is 1. The molecule has 1 fully saturated rings. The fourth-order valence-corrected chi connectivity index (χ4v) is 7.09. The van der Waals surface area contributed by atoms with Gasteiger partial charge in [-0.3, -0.25) is 14.3 Å². The normalized spacial score (nSPS) is 16.5. The van der Waals surface area contributed by atoms with Gasteiger partial charge in [0.15, 0.2) is 9.84 Å². The van der Waals surface area contributed by atoms with Crippen LogP contribution < -0.4 is 16.6 Å². The van der Waals surface area contributed by atoms with Crippen LogP contribution in [0, 0.1) is 5.92 Å². The van der Waals surface area contributed by atoms with Crippen molar-refractivity contribution in [3.05, 3.63) is 71.8 Å². The molecule has 10 nitrogen and oxygen atoms in total. The van der Waals surface area contributed by atoms with Gasteiger partial charge in [0.1, 0.15) is 5.60 Å². The third-order valence-corrected chi connectivity index (χ3v) is 10.1. The topological polar surface area (TPSA) is 131 Å². The Balaban J connectivity index is 1.70. The number of nitrogens with one attached hydrogen (secondary N) is 2. The molecule has 3 aromatic rings. The number of alkyl carbamates (subject to hydrolysis) is 1. The molecule has 0 unspecified atom stereocenters. The van der Waals surface area contributed by atoms with Gasteiger partial charge >= 0.3 is 18.0 Å². The molecule has 1 atom stereocenters. The van der Waals surface area contributed by atoms with E-state index in [1.165, 1.54) is 25.1 Å². The highest BCUT2D eigenvalue weighted by molar-refractivity contribution is 7.91. The Kier molecular flexibility index (Phi) is 10.6. The number of amides is 1. The van der Waals surface area contributed by atoms with Crippen molar-refractivity contribution in [3.8, 4) is 0 Å². The summed E-state index contributed by atoms with van der Waals surface area (Å²) in [5.41, 5.74) is -4.42. The maximum absolute atomic E-state index is 14.5. The average Bonchev–Trinajstić information content (AvgIpc) is 2.94. The lowest BCUT2D eigenvalue weighted by Gasteiger charge is -2.34. The van der Waals surface area contributed by atoms with Crippen molar-refractivity contribution in [2.75, 3.05) is 25.4 Å². The van der Waals surface area contributed by atoms with Crippen LogP contribution in [0.25, 0.3) is 10.9 Å². The molecular formula is C30H35Cl2F3N4O6S. The van der Waals surface area contributed by atoms with Crippen LogP contribution in [0.5, 0.6) is 0 Å². The second-order valence-electron chi connectivity index (χ2n) is 12.2. The van der Waals surface area contributed by atoms with Crippen molar-refractivity contribution in [1.29, 1.82) is 0 Å². The number of fused-ring (bicyclic) bond motifs is 1. The summed E-state index contributed by atoms with van der Waals surface area (Å²) in [6.07, 6.45) is -4.09. The molecule has 2 N–H and O–H groups in total. The Morgan fingerprint density at radius 2 is 1.83 bits per heavy atom. The quantitative estimate of drug-likeness (QED) is 0.312. The van der Waals surface area contributed by atoms with Gasteiger partial charge in [0.2, 0.25) is 0 Å². The molecular weight excluding hydrogens is 672 g/mol. The standard InChI is InChI=1S/C30H35Cl2F3N4O6S/c1-5-46(43,44)23-9-8-19(31)11-18(23)15-39-26(40)20-12-22(30(33,34)35)21(24(32)25(20)37-27(39)41)16-38-10-6-7-17(14-38)13-36-28(42)45-29(2,3)4/h8-9,11-12,17H,5-7,10,13-16H2,1-4H3,(H,36,42)(H,37,41)/t17-/m0/s1. The molecule has 252 valence electrons. The van der Waals surface area contributed by atoms with Gasteiger partial charge in [0.05, 0.1) is 38.7 Å². The SMILES string of the molecule is CCS(=O)(=O)c1ccc(Cl)cc1Cn1c(=O)[nH]c2c(Cl)c(CN3CCC[C@@H](CNC(=O)OC(C)(C)C)C3)c(C(F)(F)F)cc2c1=O. The van der Waals surface area contributed by atoms with E-state index in [0.29, 0.717) is 30.1 Å². The molecule has 0 spiro atoms. The molecule has 1 amide bonds. The van der Waals surface area contributed by atoms with Crippen molar-refractivity contribution >= 4 is 50.0 Å². The third kappa shape index (κ3) is 8.25. The van der Waals surface area contributed by atoms with Crippen molar-refractivity contribution in [2.24, 2.45) is 5.92 Å². The highest BCUT2D eigenvalue weighted by Gasteiger charge is 2.37. The van der Waals surface area contributed by atoms with Gasteiger partial charge < -0.3 is 15.0 Å². The zero-order valence-corrected chi connectivity index (χ0v) is 28.0. The van der Waals surface area contributed by atoms with Gasteiger partial charge in [-0.05, 0) is 81.5 Å². The lowest BCUT2D eigenvalue weighted by molar-refractivity contribution is -0.138. The van der Waals surface area contributed by atoms with Crippen LogP contribution in [0.3, 0.4) is 0 Å². The average molecular weight is 708 g/mol. The fraction of sp³-hybridized carbons (Fsp3) is 0.500. The highest BCUT2D eigenvalue weighted by Crippen LogP contribution is 2.39. The van der Waals surface area contributed by atoms with Crippen molar-refractivity contribution in [2.45, 2.75) is 70.3 Å². The summed E-state index contributed by atoms with van der Waals surface area (Å²) in [7, 11) is -3.79. The van der Waals surface area contributed by atoms with Crippen molar-refractivity contribution in [3.63, 3.8) is 0 Å². The van der Waals surface area contributed by atoms with Crippen LogP contribution in [0.2, 0.25) is 10.0 Å². The van der Waals surface area contributed by atoms with Crippen LogP contribution in [-0.2, 0) is 33.8 Å². The molecule has 1 aliphatic rings. The zero-order chi connectivity index (χ0) is 34.2. The molecule has 1 saturated heterocycles. The summed E-state index contributed by atoms with van der Waals surface area (Å²) >= 11 is 12.6. The second-order valence-corrected chi connectivity index (χ2v) is 15.3. The van der Waals surface area contributed by atoms with Crippen LogP contribution in [-0.4, -0.2) is 60.0 Å². The van der Waals surface area contributed by atoms with E-state index < -0.39 is 61.5 Å². The fourth-order valence-electron chi connectivity index (χ4n) is 5.47. The number of piperidine rings is 1. The lowest BCUT2D eigenvalue weighted by atomic mass is 9.96. The van der Waals surface area contributed by atoms with Gasteiger partial charge in [-0.2, -0.15) is 13.2 Å². The van der Waals surface area contributed by atoms with Gasteiger partial charge in [-0.25, -0.2) is 18.0 Å². The number of carbonyl (C=O) groups excluding carboxylic acids is 1. The number of rotatable bonds is 8. The Hall–Kier alpha value is -3.07. The number of aromatic amines is 1. The molecule has 4 rings (SSSR count). The number of sulfone groups is 1. The van der Waals surface area contributed by atoms with E-state index in [4.69, 9.17) is 27.9 Å². The first-order valence-corrected chi connectivity index (χ1v) is 17.0. The van der Waals surface area contributed by atoms with Crippen LogP contribution in [0.15, 0.2) is 38.8 Å². The molecule has 2 heterocycles. The molecule has 0 radical (unpaired) electrons. The molecule has 1 aromatic heterocycles. The number of hydrogen-bond acceptors (Lipinski definition) is 7. The first kappa shape index (κ1) is 35.8. The number of ether oxygens (including phenoxy) is 1. The van der Waals surface area contributed by atoms with E-state index in [9.17, 15) is 36.0 Å². The van der Waals surface area contributed by atoms with Crippen molar-refractivity contribution < 1.29 is 31.1 Å². The highest BCUT2D eigenvalue weighted by atomic mass is 35.5. The number of benzene rings is 2. The summed E-state index contributed by atoms with van der Waals surface area (Å²) in [6.45, 7) is 6.94. The number of hydrogen-bond donors (Lipinski definition) is 2. The molecule has 16 heteroatoms. The Morgan fingerprint density at radius 3 is 2.46 bits per heavy atom. The molecule has 46 heavy (non-hydrogen) atoms. The Bertz CT molecular complexity index is 1870. The summed E-state index contributed by atoms with van der Waals surface area (Å²) in [4.78, 5) is 42.8. The second kappa shape index (κ2) is 13.6. The monoisotopic (exact) mass is 706 g/mol. The van der Waals surface area contributed by atoms with Gasteiger partial charge in [0, 0.05) is 24.7 Å². The zero-order valence-electron chi connectivity index (χ0n) is 25.7. The third-order valence-electron chi connectivity index (χ3n) is 7.61. The van der Waals surface area contributed by atoms with E-state index in [-0.39, 0.29) is 51.3 Å². The first-order chi connectivity index (χ1) is 21.3. The largest absolute Gasteiger partial charge is 0.444 e. The maximum Gasteiger partial charge on any atom is 0.416 e. The van der Waals surface area contributed by atoms with Crippen LogP contribution in [0.4, 0.5) is 18.0 Å². The molecule has 1 aliphatic heterocycles. The lowest BCUT2D eigenvalue weighted by Crippen LogP contribution is -2.42. The predicted octanol–water partition coefficient (Wildman–Crippen LogP) is 5.59. The minimum Gasteiger partial charge on any atom is -0.444 e. The van der Waals surface area contributed by atoms with Gasteiger partial charge in [0.25, 0.3) is 5.56 Å². The number of carbonyl (C=O) groups is 1. The summed E-state index contributed by atoms with van der Waals surface area (Å²) < 4.78 is 74.6. The number of aromatic nitrogens is 2. The molecule has 0 bridgehead atoms. The molecule has 2 aromatic carbocycles. The summed E-state index contributed by atoms with van der Waals surface area (Å²) in [5.74, 6) is -0.328. The van der Waals surface area contributed by atoms with E-state index in [2.05, 4.69) is 10.3 Å². The Labute approximate surface area is 273 Å². The van der Waals surface area contributed by atoms with Gasteiger partial charge in [-0.15, -0.1) is 0 Å². The number of halogens is 5. The van der Waals surface area contributed by atoms with Crippen LogP contribution in [0.1, 0.15) is 57.2 Å². The van der Waals surface area contributed by atoms with Gasteiger partial charge in [-0.1, -0.05) is 30.1 Å². The minimum atomic E-state index is -4.90. The molecule has 0 saturated carbocycles. The molecule has 0 aliphatic carbocycles. The van der Waals surface area contributed by atoms with E-state index >= 15 is 0 Å². The minimum absolute atomic E-state index is 0.0286. The smallest absolute Gasteiger partial charge is 0.416 e.